The van der Waals surface area contributed by atoms with Gasteiger partial charge in [0.1, 0.15) is 5.69 Å². The second kappa shape index (κ2) is 4.91. The Labute approximate surface area is 127 Å². The van der Waals surface area contributed by atoms with E-state index < -0.39 is 0 Å². The minimum atomic E-state index is 0.00814. The standard InChI is InChI=1S/C14H18N6O2/c1-9-5-11(18(2)16-9)14(21)19-4-3-13-12(7-19)20-10(8-22-13)6-15-17-20/h5-6,12-13H,3-4,7-8H2,1-2H3. The fraction of sp³-hybridized carbons (Fsp3) is 0.571. The number of hydrogen-bond donors (Lipinski definition) is 0. The molecule has 0 N–H and O–H groups in total. The van der Waals surface area contributed by atoms with Crippen LogP contribution in [0.3, 0.4) is 0 Å². The topological polar surface area (TPSA) is 78.1 Å². The Morgan fingerprint density at radius 1 is 1.45 bits per heavy atom. The minimum absolute atomic E-state index is 0.00814. The third-order valence-electron chi connectivity index (χ3n) is 4.44. The maximum atomic E-state index is 12.7. The zero-order valence-corrected chi connectivity index (χ0v) is 12.6. The van der Waals surface area contributed by atoms with E-state index in [4.69, 9.17) is 4.74 Å². The quantitative estimate of drug-likeness (QED) is 0.757. The van der Waals surface area contributed by atoms with Gasteiger partial charge in [0.05, 0.1) is 36.3 Å². The first-order valence-electron chi connectivity index (χ1n) is 7.44. The van der Waals surface area contributed by atoms with Gasteiger partial charge in [0.25, 0.3) is 5.91 Å². The molecule has 2 atom stereocenters. The van der Waals surface area contributed by atoms with Crippen LogP contribution in [-0.2, 0) is 18.4 Å². The lowest BCUT2D eigenvalue weighted by molar-refractivity contribution is -0.0606. The van der Waals surface area contributed by atoms with E-state index in [1.807, 2.05) is 22.6 Å². The third kappa shape index (κ3) is 2.02. The van der Waals surface area contributed by atoms with Gasteiger partial charge in [-0.05, 0) is 19.4 Å². The molecule has 4 heterocycles. The van der Waals surface area contributed by atoms with Crippen molar-refractivity contribution in [3.05, 3.63) is 29.3 Å². The summed E-state index contributed by atoms with van der Waals surface area (Å²) in [5.74, 6) is 0.00814. The number of rotatable bonds is 1. The van der Waals surface area contributed by atoms with Crippen LogP contribution < -0.4 is 0 Å². The highest BCUT2D eigenvalue weighted by Crippen LogP contribution is 2.30. The molecule has 0 saturated carbocycles. The van der Waals surface area contributed by atoms with Gasteiger partial charge in [-0.1, -0.05) is 5.21 Å². The summed E-state index contributed by atoms with van der Waals surface area (Å²) in [6.45, 7) is 3.71. The molecule has 1 amide bonds. The molecular weight excluding hydrogens is 284 g/mol. The molecule has 2 unspecified atom stereocenters. The molecule has 8 heteroatoms. The Bertz CT molecular complexity index is 721. The van der Waals surface area contributed by atoms with Crippen molar-refractivity contribution in [1.82, 2.24) is 29.7 Å². The second-order valence-corrected chi connectivity index (χ2v) is 5.92. The molecule has 0 bridgehead atoms. The number of aromatic nitrogens is 5. The van der Waals surface area contributed by atoms with E-state index in [-0.39, 0.29) is 18.1 Å². The monoisotopic (exact) mass is 302 g/mol. The highest BCUT2D eigenvalue weighted by atomic mass is 16.5. The molecule has 0 spiro atoms. The molecule has 2 aromatic rings. The SMILES string of the molecule is Cc1cc(C(=O)N2CCC3OCc4cnnn4C3C2)n(C)n1. The minimum Gasteiger partial charge on any atom is -0.370 e. The average molecular weight is 302 g/mol. The summed E-state index contributed by atoms with van der Waals surface area (Å²) in [6.07, 6.45) is 2.64. The first-order valence-corrected chi connectivity index (χ1v) is 7.44. The van der Waals surface area contributed by atoms with Crippen molar-refractivity contribution in [2.45, 2.75) is 32.1 Å². The van der Waals surface area contributed by atoms with E-state index in [0.29, 0.717) is 25.4 Å². The molecule has 2 aromatic heterocycles. The van der Waals surface area contributed by atoms with Crippen LogP contribution in [0.15, 0.2) is 12.3 Å². The molecule has 8 nitrogen and oxygen atoms in total. The predicted octanol–water partition coefficient (Wildman–Crippen LogP) is 0.306. The van der Waals surface area contributed by atoms with Gasteiger partial charge in [0.15, 0.2) is 0 Å². The number of fused-ring (bicyclic) bond motifs is 3. The highest BCUT2D eigenvalue weighted by Gasteiger charge is 2.38. The Kier molecular flexibility index (Phi) is 3.00. The van der Waals surface area contributed by atoms with Crippen LogP contribution in [0.5, 0.6) is 0 Å². The molecule has 2 aliphatic rings. The van der Waals surface area contributed by atoms with Crippen molar-refractivity contribution < 1.29 is 9.53 Å². The molecule has 1 saturated heterocycles. The van der Waals surface area contributed by atoms with Crippen LogP contribution in [0, 0.1) is 6.92 Å². The summed E-state index contributed by atoms with van der Waals surface area (Å²) in [5.41, 5.74) is 2.43. The molecular formula is C14H18N6O2. The van der Waals surface area contributed by atoms with Crippen LogP contribution in [0.1, 0.15) is 34.3 Å². The average Bonchev–Trinajstić information content (AvgIpc) is 3.12. The Balaban J connectivity index is 1.59. The number of nitrogens with zero attached hydrogens (tertiary/aromatic N) is 6. The maximum Gasteiger partial charge on any atom is 0.272 e. The van der Waals surface area contributed by atoms with Gasteiger partial charge >= 0.3 is 0 Å². The first kappa shape index (κ1) is 13.4. The van der Waals surface area contributed by atoms with Crippen LogP contribution in [0.2, 0.25) is 0 Å². The molecule has 22 heavy (non-hydrogen) atoms. The first-order chi connectivity index (χ1) is 10.6. The fourth-order valence-corrected chi connectivity index (χ4v) is 3.34. The lowest BCUT2D eigenvalue weighted by Crippen LogP contribution is -2.50. The Morgan fingerprint density at radius 2 is 2.32 bits per heavy atom. The van der Waals surface area contributed by atoms with Crippen LogP contribution >= 0.6 is 0 Å². The number of carbonyl (C=O) groups excluding carboxylic acids is 1. The van der Waals surface area contributed by atoms with Gasteiger partial charge in [-0.15, -0.1) is 5.10 Å². The zero-order valence-electron chi connectivity index (χ0n) is 12.6. The van der Waals surface area contributed by atoms with Gasteiger partial charge in [-0.3, -0.25) is 9.48 Å². The Hall–Kier alpha value is -2.22. The van der Waals surface area contributed by atoms with Crippen molar-refractivity contribution in [3.8, 4) is 0 Å². The summed E-state index contributed by atoms with van der Waals surface area (Å²) in [6, 6.07) is 1.87. The molecule has 2 aliphatic heterocycles. The number of amides is 1. The third-order valence-corrected chi connectivity index (χ3v) is 4.44. The van der Waals surface area contributed by atoms with E-state index in [1.165, 1.54) is 0 Å². The van der Waals surface area contributed by atoms with E-state index in [9.17, 15) is 4.79 Å². The summed E-state index contributed by atoms with van der Waals surface area (Å²) in [5, 5.41) is 12.4. The molecule has 1 fully saturated rings. The lowest BCUT2D eigenvalue weighted by atomic mass is 10.00. The van der Waals surface area contributed by atoms with Gasteiger partial charge in [0, 0.05) is 20.1 Å². The van der Waals surface area contributed by atoms with Crippen molar-refractivity contribution >= 4 is 5.91 Å². The van der Waals surface area contributed by atoms with Gasteiger partial charge < -0.3 is 9.64 Å². The van der Waals surface area contributed by atoms with Crippen molar-refractivity contribution in [1.29, 1.82) is 0 Å². The van der Waals surface area contributed by atoms with E-state index in [1.54, 1.807) is 17.9 Å². The molecule has 116 valence electrons. The number of likely N-dealkylation sites (tertiary alicyclic amines) is 1. The number of aryl methyl sites for hydroxylation is 2. The number of carbonyl (C=O) groups is 1. The number of piperidine rings is 1. The van der Waals surface area contributed by atoms with Crippen molar-refractivity contribution in [2.75, 3.05) is 13.1 Å². The zero-order chi connectivity index (χ0) is 15.3. The fourth-order valence-electron chi connectivity index (χ4n) is 3.34. The van der Waals surface area contributed by atoms with E-state index in [2.05, 4.69) is 15.4 Å². The van der Waals surface area contributed by atoms with Crippen LogP contribution in [0.25, 0.3) is 0 Å². The van der Waals surface area contributed by atoms with E-state index >= 15 is 0 Å². The van der Waals surface area contributed by atoms with E-state index in [0.717, 1.165) is 17.8 Å². The largest absolute Gasteiger partial charge is 0.370 e. The van der Waals surface area contributed by atoms with Crippen molar-refractivity contribution in [3.63, 3.8) is 0 Å². The maximum absolute atomic E-state index is 12.7. The number of ether oxygens (including phenoxy) is 1. The summed E-state index contributed by atoms with van der Waals surface area (Å²) in [7, 11) is 1.80. The van der Waals surface area contributed by atoms with Crippen molar-refractivity contribution in [2.24, 2.45) is 7.05 Å². The molecule has 4 rings (SSSR count). The second-order valence-electron chi connectivity index (χ2n) is 5.92. The Morgan fingerprint density at radius 3 is 3.09 bits per heavy atom. The summed E-state index contributed by atoms with van der Waals surface area (Å²) < 4.78 is 9.42. The van der Waals surface area contributed by atoms with Crippen LogP contribution in [0.4, 0.5) is 0 Å². The van der Waals surface area contributed by atoms with Gasteiger partial charge in [-0.2, -0.15) is 5.10 Å². The lowest BCUT2D eigenvalue weighted by Gasteiger charge is -2.40. The molecule has 0 radical (unpaired) electrons. The highest BCUT2D eigenvalue weighted by molar-refractivity contribution is 5.92. The summed E-state index contributed by atoms with van der Waals surface area (Å²) >= 11 is 0. The molecule has 0 aromatic carbocycles. The molecule has 0 aliphatic carbocycles. The smallest absolute Gasteiger partial charge is 0.272 e. The summed E-state index contributed by atoms with van der Waals surface area (Å²) in [4.78, 5) is 14.6. The number of hydrogen-bond acceptors (Lipinski definition) is 5. The van der Waals surface area contributed by atoms with Gasteiger partial charge in [0.2, 0.25) is 0 Å². The van der Waals surface area contributed by atoms with Gasteiger partial charge in [-0.25, -0.2) is 4.68 Å². The predicted molar refractivity (Wildman–Crippen MR) is 76.1 cm³/mol. The normalized spacial score (nSPS) is 24.0. The van der Waals surface area contributed by atoms with Crippen LogP contribution in [-0.4, -0.2) is 54.8 Å².